The van der Waals surface area contributed by atoms with E-state index in [-0.39, 0.29) is 11.9 Å². The summed E-state index contributed by atoms with van der Waals surface area (Å²) in [5, 5.41) is 10.9. The normalized spacial score (nSPS) is 17.6. The van der Waals surface area contributed by atoms with E-state index in [0.717, 1.165) is 81.3 Å². The highest BCUT2D eigenvalue weighted by atomic mass is 16.5. The van der Waals surface area contributed by atoms with Gasteiger partial charge in [0, 0.05) is 45.7 Å². The van der Waals surface area contributed by atoms with Crippen molar-refractivity contribution in [2.24, 2.45) is 4.99 Å². The third-order valence-corrected chi connectivity index (χ3v) is 5.35. The van der Waals surface area contributed by atoms with Gasteiger partial charge in [-0.25, -0.2) is 4.99 Å². The summed E-state index contributed by atoms with van der Waals surface area (Å²) in [5.41, 5.74) is 2.10. The van der Waals surface area contributed by atoms with E-state index in [1.54, 1.807) is 4.90 Å². The van der Waals surface area contributed by atoms with Crippen LogP contribution in [0.2, 0.25) is 0 Å². The minimum atomic E-state index is 0.0421. The molecule has 2 heterocycles. The largest absolute Gasteiger partial charge is 0.361 e. The highest BCUT2D eigenvalue weighted by Gasteiger charge is 2.30. The Labute approximate surface area is 175 Å². The SMILES string of the molecule is CCNC(=NCc1c(CC)noc1CC)NCCCN1CCCC1C(=O)N(C)C. The fourth-order valence-corrected chi connectivity index (χ4v) is 3.78. The fourth-order valence-electron chi connectivity index (χ4n) is 3.78. The Morgan fingerprint density at radius 2 is 2.07 bits per heavy atom. The van der Waals surface area contributed by atoms with E-state index < -0.39 is 0 Å². The molecule has 8 nitrogen and oxygen atoms in total. The topological polar surface area (TPSA) is 86.0 Å². The van der Waals surface area contributed by atoms with Crippen molar-refractivity contribution in [1.29, 1.82) is 0 Å². The smallest absolute Gasteiger partial charge is 0.239 e. The highest BCUT2D eigenvalue weighted by Crippen LogP contribution is 2.19. The van der Waals surface area contributed by atoms with Gasteiger partial charge in [0.2, 0.25) is 5.91 Å². The molecule has 8 heteroatoms. The van der Waals surface area contributed by atoms with Crippen LogP contribution in [0.5, 0.6) is 0 Å². The van der Waals surface area contributed by atoms with Gasteiger partial charge in [0.25, 0.3) is 0 Å². The minimum Gasteiger partial charge on any atom is -0.361 e. The number of nitrogens with one attached hydrogen (secondary N) is 2. The van der Waals surface area contributed by atoms with Gasteiger partial charge in [-0.2, -0.15) is 0 Å². The molecule has 1 aromatic rings. The second kappa shape index (κ2) is 11.8. The Morgan fingerprint density at radius 3 is 2.72 bits per heavy atom. The molecule has 164 valence electrons. The van der Waals surface area contributed by atoms with E-state index >= 15 is 0 Å². The number of carbonyl (C=O) groups excluding carboxylic acids is 1. The molecule has 29 heavy (non-hydrogen) atoms. The number of aromatic nitrogens is 1. The van der Waals surface area contributed by atoms with Crippen LogP contribution in [0.15, 0.2) is 9.52 Å². The molecular weight excluding hydrogens is 368 g/mol. The van der Waals surface area contributed by atoms with Gasteiger partial charge in [-0.1, -0.05) is 19.0 Å². The molecule has 1 amide bonds. The average molecular weight is 407 g/mol. The van der Waals surface area contributed by atoms with Crippen LogP contribution in [-0.2, 0) is 24.2 Å². The van der Waals surface area contributed by atoms with E-state index in [2.05, 4.69) is 41.5 Å². The molecule has 0 aliphatic carbocycles. The standard InChI is InChI=1S/C21H38N6O2/c1-6-17-16(19(7-2)29-25-17)15-24-21(22-8-3)23-12-10-14-27-13-9-11-18(27)20(28)26(4)5/h18H,6-15H2,1-5H3,(H2,22,23,24). The molecule has 0 saturated carbocycles. The van der Waals surface area contributed by atoms with Crippen LogP contribution in [0.4, 0.5) is 0 Å². The molecule has 0 spiro atoms. The summed E-state index contributed by atoms with van der Waals surface area (Å²) in [6.45, 7) is 10.3. The number of amides is 1. The number of aliphatic imine (C=N–C) groups is 1. The van der Waals surface area contributed by atoms with Gasteiger partial charge in [-0.3, -0.25) is 9.69 Å². The number of hydrogen-bond donors (Lipinski definition) is 2. The molecule has 1 aliphatic heterocycles. The van der Waals surface area contributed by atoms with Crippen molar-refractivity contribution in [2.45, 2.75) is 65.5 Å². The van der Waals surface area contributed by atoms with Crippen LogP contribution in [0.3, 0.4) is 0 Å². The summed E-state index contributed by atoms with van der Waals surface area (Å²) in [5.74, 6) is 1.95. The van der Waals surface area contributed by atoms with E-state index in [1.165, 1.54) is 0 Å². The summed E-state index contributed by atoms with van der Waals surface area (Å²) in [6, 6.07) is 0.0421. The lowest BCUT2D eigenvalue weighted by atomic mass is 10.1. The second-order valence-electron chi connectivity index (χ2n) is 7.64. The lowest BCUT2D eigenvalue weighted by molar-refractivity contribution is -0.133. The van der Waals surface area contributed by atoms with E-state index in [0.29, 0.717) is 6.54 Å². The van der Waals surface area contributed by atoms with Crippen LogP contribution in [0, 0.1) is 0 Å². The molecular formula is C21H38N6O2. The number of guanidine groups is 1. The monoisotopic (exact) mass is 406 g/mol. The zero-order valence-corrected chi connectivity index (χ0v) is 18.8. The highest BCUT2D eigenvalue weighted by molar-refractivity contribution is 5.81. The average Bonchev–Trinajstić information content (AvgIpc) is 3.34. The summed E-state index contributed by atoms with van der Waals surface area (Å²) in [7, 11) is 3.67. The maximum atomic E-state index is 12.3. The molecule has 1 atom stereocenters. The molecule has 1 fully saturated rings. The van der Waals surface area contributed by atoms with E-state index in [1.807, 2.05) is 14.1 Å². The maximum absolute atomic E-state index is 12.3. The number of likely N-dealkylation sites (tertiary alicyclic amines) is 1. The van der Waals surface area contributed by atoms with E-state index in [4.69, 9.17) is 9.52 Å². The summed E-state index contributed by atoms with van der Waals surface area (Å²) >= 11 is 0. The van der Waals surface area contributed by atoms with Gasteiger partial charge < -0.3 is 20.1 Å². The number of rotatable bonds is 10. The molecule has 1 aromatic heterocycles. The molecule has 2 rings (SSSR count). The number of likely N-dealkylation sites (N-methyl/N-ethyl adjacent to an activating group) is 1. The Bertz CT molecular complexity index is 649. The predicted octanol–water partition coefficient (Wildman–Crippen LogP) is 1.80. The Hall–Kier alpha value is -2.09. The van der Waals surface area contributed by atoms with Crippen molar-refractivity contribution in [1.82, 2.24) is 25.6 Å². The maximum Gasteiger partial charge on any atom is 0.239 e. The first kappa shape index (κ1) is 23.2. The Balaban J connectivity index is 1.86. The van der Waals surface area contributed by atoms with Crippen LogP contribution >= 0.6 is 0 Å². The molecule has 2 N–H and O–H groups in total. The summed E-state index contributed by atoms with van der Waals surface area (Å²) in [4.78, 5) is 21.1. The molecule has 0 bridgehead atoms. The molecule has 1 aliphatic rings. The molecule has 0 radical (unpaired) electrons. The number of hydrogen-bond acceptors (Lipinski definition) is 5. The first-order chi connectivity index (χ1) is 14.0. The molecule has 1 saturated heterocycles. The van der Waals surface area contributed by atoms with Gasteiger partial charge in [0.1, 0.15) is 5.76 Å². The minimum absolute atomic E-state index is 0.0421. The van der Waals surface area contributed by atoms with Crippen molar-refractivity contribution >= 4 is 11.9 Å². The van der Waals surface area contributed by atoms with Crippen LogP contribution in [0.1, 0.15) is 57.1 Å². The third kappa shape index (κ3) is 6.45. The number of nitrogens with zero attached hydrogens (tertiary/aromatic N) is 4. The molecule has 0 aromatic carbocycles. The number of carbonyl (C=O) groups is 1. The molecule has 1 unspecified atom stereocenters. The van der Waals surface area contributed by atoms with Crippen molar-refractivity contribution in [2.75, 3.05) is 40.3 Å². The lowest BCUT2D eigenvalue weighted by Gasteiger charge is -2.26. The van der Waals surface area contributed by atoms with Gasteiger partial charge in [0.15, 0.2) is 5.96 Å². The van der Waals surface area contributed by atoms with E-state index in [9.17, 15) is 4.79 Å². The van der Waals surface area contributed by atoms with Gasteiger partial charge in [-0.15, -0.1) is 0 Å². The zero-order chi connectivity index (χ0) is 21.2. The Morgan fingerprint density at radius 1 is 1.28 bits per heavy atom. The van der Waals surface area contributed by atoms with Crippen molar-refractivity contribution in [3.63, 3.8) is 0 Å². The summed E-state index contributed by atoms with van der Waals surface area (Å²) < 4.78 is 5.43. The zero-order valence-electron chi connectivity index (χ0n) is 18.8. The summed E-state index contributed by atoms with van der Waals surface area (Å²) in [6.07, 6.45) is 4.70. The van der Waals surface area contributed by atoms with Crippen molar-refractivity contribution < 1.29 is 9.32 Å². The quantitative estimate of drug-likeness (QED) is 0.350. The van der Waals surface area contributed by atoms with Crippen LogP contribution in [0.25, 0.3) is 0 Å². The lowest BCUT2D eigenvalue weighted by Crippen LogP contribution is -2.44. The first-order valence-corrected chi connectivity index (χ1v) is 10.9. The Kier molecular flexibility index (Phi) is 9.44. The van der Waals surface area contributed by atoms with Crippen LogP contribution < -0.4 is 10.6 Å². The van der Waals surface area contributed by atoms with Crippen LogP contribution in [-0.4, -0.2) is 73.1 Å². The predicted molar refractivity (Wildman–Crippen MR) is 116 cm³/mol. The second-order valence-corrected chi connectivity index (χ2v) is 7.64. The number of aryl methyl sites for hydroxylation is 2. The van der Waals surface area contributed by atoms with Gasteiger partial charge in [0.05, 0.1) is 18.3 Å². The first-order valence-electron chi connectivity index (χ1n) is 10.9. The van der Waals surface area contributed by atoms with Crippen molar-refractivity contribution in [3.05, 3.63) is 17.0 Å². The third-order valence-electron chi connectivity index (χ3n) is 5.35. The van der Waals surface area contributed by atoms with Gasteiger partial charge in [-0.05, 0) is 39.2 Å². The van der Waals surface area contributed by atoms with Crippen molar-refractivity contribution in [3.8, 4) is 0 Å². The fraction of sp³-hybridized carbons (Fsp3) is 0.762. The van der Waals surface area contributed by atoms with Gasteiger partial charge >= 0.3 is 0 Å².